The van der Waals surface area contributed by atoms with E-state index in [2.05, 4.69) is 25.5 Å². The van der Waals surface area contributed by atoms with Crippen molar-refractivity contribution in [3.8, 4) is 0 Å². The average Bonchev–Trinajstić information content (AvgIpc) is 3.19. The molecule has 0 aliphatic heterocycles. The number of hydrogen-bond acceptors (Lipinski definition) is 6. The van der Waals surface area contributed by atoms with E-state index in [4.69, 9.17) is 0 Å². The van der Waals surface area contributed by atoms with Crippen LogP contribution in [0.15, 0.2) is 18.2 Å². The van der Waals surface area contributed by atoms with Crippen LogP contribution >= 0.6 is 0 Å². The maximum Gasteiger partial charge on any atom is 0.251 e. The normalized spacial score (nSPS) is 13.8. The van der Waals surface area contributed by atoms with Crippen LogP contribution in [0.25, 0.3) is 11.0 Å². The van der Waals surface area contributed by atoms with Crippen LogP contribution in [0.3, 0.4) is 0 Å². The molecule has 0 saturated carbocycles. The Morgan fingerprint density at radius 2 is 2.12 bits per heavy atom. The van der Waals surface area contributed by atoms with Gasteiger partial charge in [-0.3, -0.25) is 9.89 Å². The third kappa shape index (κ3) is 3.24. The second-order valence-corrected chi connectivity index (χ2v) is 5.90. The van der Waals surface area contributed by atoms with Gasteiger partial charge < -0.3 is 20.1 Å². The summed E-state index contributed by atoms with van der Waals surface area (Å²) in [5.41, 5.74) is 1.94. The summed E-state index contributed by atoms with van der Waals surface area (Å²) >= 11 is 0. The van der Waals surface area contributed by atoms with Crippen LogP contribution < -0.4 is 5.32 Å². The van der Waals surface area contributed by atoms with E-state index in [9.17, 15) is 15.0 Å². The minimum atomic E-state index is -0.778. The van der Waals surface area contributed by atoms with Crippen molar-refractivity contribution in [1.82, 2.24) is 30.0 Å². The Balaban J connectivity index is 1.79. The fourth-order valence-electron chi connectivity index (χ4n) is 2.55. The number of rotatable bonds is 5. The number of fused-ring (bicyclic) bond motifs is 1. The molecule has 2 atom stereocenters. The van der Waals surface area contributed by atoms with Crippen LogP contribution in [0.2, 0.25) is 0 Å². The zero-order valence-electron chi connectivity index (χ0n) is 14.2. The molecule has 9 heteroatoms. The Bertz CT molecular complexity index is 914. The van der Waals surface area contributed by atoms with Gasteiger partial charge in [0.2, 0.25) is 0 Å². The maximum absolute atomic E-state index is 12.5. The molecule has 0 aliphatic carbocycles. The van der Waals surface area contributed by atoms with E-state index < -0.39 is 12.1 Å². The van der Waals surface area contributed by atoms with E-state index in [-0.39, 0.29) is 18.3 Å². The van der Waals surface area contributed by atoms with Gasteiger partial charge in [-0.1, -0.05) is 0 Å². The SMILES string of the molecule is CC(O)c1n[nH]c(C(C)NC(=O)c2ccc3c(c2)nc(CO)n3C)n1. The molecule has 9 nitrogen and oxygen atoms in total. The smallest absolute Gasteiger partial charge is 0.251 e. The maximum atomic E-state index is 12.5. The van der Waals surface area contributed by atoms with Crippen molar-refractivity contribution in [1.29, 1.82) is 0 Å². The molecule has 0 aliphatic rings. The molecule has 2 unspecified atom stereocenters. The van der Waals surface area contributed by atoms with Gasteiger partial charge in [-0.15, -0.1) is 0 Å². The molecule has 25 heavy (non-hydrogen) atoms. The van der Waals surface area contributed by atoms with E-state index in [0.717, 1.165) is 5.52 Å². The fraction of sp³-hybridized carbons (Fsp3) is 0.375. The number of nitrogens with zero attached hydrogens (tertiary/aromatic N) is 4. The number of imidazole rings is 1. The predicted molar refractivity (Wildman–Crippen MR) is 89.5 cm³/mol. The quantitative estimate of drug-likeness (QED) is 0.540. The highest BCUT2D eigenvalue weighted by atomic mass is 16.3. The van der Waals surface area contributed by atoms with E-state index in [1.54, 1.807) is 36.6 Å². The first-order chi connectivity index (χ1) is 11.9. The highest BCUT2D eigenvalue weighted by molar-refractivity contribution is 5.97. The van der Waals surface area contributed by atoms with Crippen molar-refractivity contribution >= 4 is 16.9 Å². The summed E-state index contributed by atoms with van der Waals surface area (Å²) in [6.45, 7) is 3.17. The third-order valence-electron chi connectivity index (χ3n) is 4.03. The van der Waals surface area contributed by atoms with Gasteiger partial charge in [0, 0.05) is 12.6 Å². The Labute approximate surface area is 143 Å². The number of benzene rings is 1. The van der Waals surface area contributed by atoms with Gasteiger partial charge in [0.05, 0.1) is 17.1 Å². The number of nitrogens with one attached hydrogen (secondary N) is 2. The first-order valence-corrected chi connectivity index (χ1v) is 7.88. The number of aromatic nitrogens is 5. The minimum absolute atomic E-state index is 0.166. The molecule has 3 aromatic rings. The highest BCUT2D eigenvalue weighted by Crippen LogP contribution is 2.18. The van der Waals surface area contributed by atoms with Gasteiger partial charge in [0.1, 0.15) is 24.4 Å². The Kier molecular flexibility index (Phi) is 4.51. The van der Waals surface area contributed by atoms with Crippen molar-refractivity contribution in [2.45, 2.75) is 32.6 Å². The van der Waals surface area contributed by atoms with Gasteiger partial charge in [0.15, 0.2) is 5.82 Å². The van der Waals surface area contributed by atoms with Crippen molar-refractivity contribution in [2.24, 2.45) is 7.05 Å². The minimum Gasteiger partial charge on any atom is -0.388 e. The molecule has 4 N–H and O–H groups in total. The number of aryl methyl sites for hydroxylation is 1. The highest BCUT2D eigenvalue weighted by Gasteiger charge is 2.17. The Hall–Kier alpha value is -2.78. The van der Waals surface area contributed by atoms with Crippen LogP contribution in [-0.2, 0) is 13.7 Å². The molecule has 0 spiro atoms. The topological polar surface area (TPSA) is 129 Å². The molecule has 132 valence electrons. The van der Waals surface area contributed by atoms with Gasteiger partial charge in [-0.05, 0) is 32.0 Å². The molecule has 1 amide bonds. The lowest BCUT2D eigenvalue weighted by Gasteiger charge is -2.11. The molecule has 3 rings (SSSR count). The van der Waals surface area contributed by atoms with Crippen molar-refractivity contribution in [3.05, 3.63) is 41.2 Å². The summed E-state index contributed by atoms with van der Waals surface area (Å²) in [7, 11) is 1.81. The Morgan fingerprint density at radius 3 is 2.76 bits per heavy atom. The first kappa shape index (κ1) is 17.1. The number of aromatic amines is 1. The number of amides is 1. The van der Waals surface area contributed by atoms with Crippen LogP contribution in [0, 0.1) is 0 Å². The van der Waals surface area contributed by atoms with E-state index in [0.29, 0.717) is 22.7 Å². The van der Waals surface area contributed by atoms with Crippen LogP contribution in [0.1, 0.15) is 53.8 Å². The monoisotopic (exact) mass is 344 g/mol. The van der Waals surface area contributed by atoms with Crippen LogP contribution in [0.4, 0.5) is 0 Å². The lowest BCUT2D eigenvalue weighted by atomic mass is 10.1. The number of carbonyl (C=O) groups excluding carboxylic acids is 1. The predicted octanol–water partition coefficient (Wildman–Crippen LogP) is 0.728. The standard InChI is InChI=1S/C16H20N6O3/c1-8(14-19-15(9(2)24)21-20-14)17-16(25)10-4-5-12-11(6-10)18-13(7-23)22(12)3/h4-6,8-9,23-24H,7H2,1-3H3,(H,17,25)(H,19,20,21). The van der Waals surface area contributed by atoms with E-state index in [1.807, 2.05) is 7.05 Å². The first-order valence-electron chi connectivity index (χ1n) is 7.88. The molecule has 0 fully saturated rings. The number of aliphatic hydroxyl groups is 2. The van der Waals surface area contributed by atoms with Gasteiger partial charge in [0.25, 0.3) is 5.91 Å². The van der Waals surface area contributed by atoms with Gasteiger partial charge in [-0.25, -0.2) is 9.97 Å². The molecule has 0 bridgehead atoms. The van der Waals surface area contributed by atoms with Crippen molar-refractivity contribution in [3.63, 3.8) is 0 Å². The zero-order chi connectivity index (χ0) is 18.1. The fourth-order valence-corrected chi connectivity index (χ4v) is 2.55. The zero-order valence-corrected chi connectivity index (χ0v) is 14.2. The van der Waals surface area contributed by atoms with Crippen molar-refractivity contribution in [2.75, 3.05) is 0 Å². The largest absolute Gasteiger partial charge is 0.388 e. The second kappa shape index (κ2) is 6.61. The number of aliphatic hydroxyl groups excluding tert-OH is 2. The molecule has 0 saturated heterocycles. The molecular formula is C16H20N6O3. The lowest BCUT2D eigenvalue weighted by Crippen LogP contribution is -2.27. The average molecular weight is 344 g/mol. The summed E-state index contributed by atoms with van der Waals surface area (Å²) in [5.74, 6) is 1.00. The number of carbonyl (C=O) groups is 1. The number of H-pyrrole nitrogens is 1. The van der Waals surface area contributed by atoms with E-state index >= 15 is 0 Å². The molecule has 2 aromatic heterocycles. The lowest BCUT2D eigenvalue weighted by molar-refractivity contribution is 0.0938. The summed E-state index contributed by atoms with van der Waals surface area (Å²) in [4.78, 5) is 20.9. The van der Waals surface area contributed by atoms with Crippen LogP contribution in [-0.4, -0.2) is 40.9 Å². The molecule has 1 aromatic carbocycles. The molecule has 0 radical (unpaired) electrons. The summed E-state index contributed by atoms with van der Waals surface area (Å²) in [6.07, 6.45) is -0.778. The van der Waals surface area contributed by atoms with E-state index in [1.165, 1.54) is 0 Å². The molecular weight excluding hydrogens is 324 g/mol. The van der Waals surface area contributed by atoms with Crippen LogP contribution in [0.5, 0.6) is 0 Å². The number of hydrogen-bond donors (Lipinski definition) is 4. The summed E-state index contributed by atoms with van der Waals surface area (Å²) in [6, 6.07) is 4.77. The third-order valence-corrected chi connectivity index (χ3v) is 4.03. The summed E-state index contributed by atoms with van der Waals surface area (Å²) in [5, 5.41) is 28.2. The molecule has 2 heterocycles. The van der Waals surface area contributed by atoms with Crippen molar-refractivity contribution < 1.29 is 15.0 Å². The van der Waals surface area contributed by atoms with Gasteiger partial charge in [-0.2, -0.15) is 5.10 Å². The van der Waals surface area contributed by atoms with Gasteiger partial charge >= 0.3 is 0 Å². The second-order valence-electron chi connectivity index (χ2n) is 5.90. The summed E-state index contributed by atoms with van der Waals surface area (Å²) < 4.78 is 1.78. The Morgan fingerprint density at radius 1 is 1.36 bits per heavy atom.